The van der Waals surface area contributed by atoms with Crippen molar-refractivity contribution in [2.24, 2.45) is 0 Å². The quantitative estimate of drug-likeness (QED) is 0.711. The first-order chi connectivity index (χ1) is 2.77. The van der Waals surface area contributed by atoms with Crippen molar-refractivity contribution >= 4 is 65.5 Å². The van der Waals surface area contributed by atoms with Crippen LogP contribution in [-0.2, 0) is 4.79 Å². The molecule has 0 aliphatic carbocycles. The van der Waals surface area contributed by atoms with Gasteiger partial charge in [-0.1, -0.05) is 0 Å². The normalized spacial score (nSPS) is 5.56. The average Bonchev–Trinajstić information content (AvgIpc) is 1.35. The zero-order valence-corrected chi connectivity index (χ0v) is 10.4. The minimum atomic E-state index is 0. The van der Waals surface area contributed by atoms with Crippen LogP contribution in [0.25, 0.3) is 0 Å². The second-order valence-corrected chi connectivity index (χ2v) is 2.63. The molecule has 0 aromatic heterocycles. The van der Waals surface area contributed by atoms with Gasteiger partial charge in [0.1, 0.15) is 0 Å². The second-order valence-electron chi connectivity index (χ2n) is 1.20. The Labute approximate surface area is 87.7 Å². The van der Waals surface area contributed by atoms with E-state index in [-0.39, 0.29) is 37.2 Å². The molecule has 0 aromatic carbocycles. The maximum atomic E-state index is 10.1. The Morgan fingerprint density at radius 1 is 1.33 bits per heavy atom. The molecule has 3 radical (unpaired) electrons. The molecular weight excluding hydrogens is 289 g/mol. The monoisotopic (exact) mass is 299 g/mol. The van der Waals surface area contributed by atoms with Gasteiger partial charge in [-0.15, -0.1) is 37.2 Å². The molecule has 0 unspecified atom stereocenters. The summed E-state index contributed by atoms with van der Waals surface area (Å²) in [4.78, 5) is 10.1. The number of carbonyl (C=O) groups is 1. The molecule has 0 amide bonds. The third kappa shape index (κ3) is 26.7. The van der Waals surface area contributed by atoms with Gasteiger partial charge in [0, 0.05) is 0 Å². The standard InChI is InChI=1S/C4H7O.3ClH.Sn/c1-3-4(2)5;;;;/h1,3H2,2H3;3*1H;. The van der Waals surface area contributed by atoms with Crippen LogP contribution in [0.15, 0.2) is 0 Å². The van der Waals surface area contributed by atoms with E-state index < -0.39 is 0 Å². The summed E-state index contributed by atoms with van der Waals surface area (Å²) >= 11 is 1.46. The van der Waals surface area contributed by atoms with Crippen LogP contribution >= 0.6 is 37.2 Å². The molecule has 0 aliphatic rings. The van der Waals surface area contributed by atoms with E-state index in [1.54, 1.807) is 6.92 Å². The van der Waals surface area contributed by atoms with Crippen molar-refractivity contribution in [2.45, 2.75) is 17.8 Å². The molecule has 0 rings (SSSR count). The van der Waals surface area contributed by atoms with Gasteiger partial charge in [-0.2, -0.15) is 0 Å². The molecule has 0 heterocycles. The molecule has 0 atom stereocenters. The fraction of sp³-hybridized carbons (Fsp3) is 0.750. The van der Waals surface area contributed by atoms with Crippen LogP contribution in [0.2, 0.25) is 4.44 Å². The molecule has 57 valence electrons. The fourth-order valence-electron chi connectivity index (χ4n) is 0.176. The fourth-order valence-corrected chi connectivity index (χ4v) is 1.18. The number of rotatable bonds is 2. The predicted octanol–water partition coefficient (Wildman–Crippen LogP) is 1.82. The Bertz CT molecular complexity index is 59.8. The Balaban J connectivity index is -0.0000000417. The van der Waals surface area contributed by atoms with Crippen LogP contribution in [0.3, 0.4) is 0 Å². The molecule has 0 spiro atoms. The topological polar surface area (TPSA) is 17.1 Å². The van der Waals surface area contributed by atoms with Crippen LogP contribution < -0.4 is 0 Å². The van der Waals surface area contributed by atoms with Gasteiger partial charge in [-0.25, -0.2) is 0 Å². The van der Waals surface area contributed by atoms with E-state index in [1.165, 1.54) is 22.5 Å². The Morgan fingerprint density at radius 2 is 1.67 bits per heavy atom. The number of carbonyl (C=O) groups excluding carboxylic acids is 1. The molecule has 0 N–H and O–H groups in total. The van der Waals surface area contributed by atoms with E-state index in [2.05, 4.69) is 0 Å². The Morgan fingerprint density at radius 3 is 1.67 bits per heavy atom. The number of ketones is 1. The summed E-state index contributed by atoms with van der Waals surface area (Å²) in [7, 11) is 0. The van der Waals surface area contributed by atoms with E-state index in [0.29, 0.717) is 5.78 Å². The van der Waals surface area contributed by atoms with Crippen molar-refractivity contribution < 1.29 is 4.79 Å². The molecular formula is C4H10Cl3OSn. The first kappa shape index (κ1) is 22.4. The maximum Gasteiger partial charge on any atom is -0.147 e. The van der Waals surface area contributed by atoms with Gasteiger partial charge in [0.2, 0.25) is 0 Å². The summed E-state index contributed by atoms with van der Waals surface area (Å²) in [6, 6.07) is 0. The zero-order valence-electron chi connectivity index (χ0n) is 5.05. The first-order valence-corrected chi connectivity index (χ1v) is 3.93. The largest absolute Gasteiger partial charge is 0.147 e. The summed E-state index contributed by atoms with van der Waals surface area (Å²) < 4.78 is 1.07. The maximum absolute atomic E-state index is 10.1. The van der Waals surface area contributed by atoms with E-state index in [0.717, 1.165) is 10.9 Å². The number of halogens is 3. The minimum absolute atomic E-state index is 0. The molecule has 0 saturated carbocycles. The third-order valence-electron chi connectivity index (χ3n) is 0.477. The van der Waals surface area contributed by atoms with Crippen molar-refractivity contribution in [3.63, 3.8) is 0 Å². The van der Waals surface area contributed by atoms with Crippen molar-refractivity contribution in [2.75, 3.05) is 0 Å². The summed E-state index contributed by atoms with van der Waals surface area (Å²) in [5.74, 6) is 0.312. The summed E-state index contributed by atoms with van der Waals surface area (Å²) in [5, 5.41) is 0. The van der Waals surface area contributed by atoms with Crippen molar-refractivity contribution in [1.82, 2.24) is 0 Å². The molecule has 0 bridgehead atoms. The third-order valence-corrected chi connectivity index (χ3v) is 1.19. The number of hydrogen-bond donors (Lipinski definition) is 0. The smallest absolute Gasteiger partial charge is 0.147 e. The van der Waals surface area contributed by atoms with Crippen LogP contribution in [0.1, 0.15) is 13.3 Å². The van der Waals surface area contributed by atoms with Gasteiger partial charge in [0.05, 0.1) is 0 Å². The second kappa shape index (κ2) is 16.2. The van der Waals surface area contributed by atoms with Gasteiger partial charge in [0.15, 0.2) is 0 Å². The van der Waals surface area contributed by atoms with E-state index in [9.17, 15) is 4.79 Å². The van der Waals surface area contributed by atoms with E-state index in [1.807, 2.05) is 0 Å². The summed E-state index contributed by atoms with van der Waals surface area (Å²) in [6.07, 6.45) is 0.776. The first-order valence-electron chi connectivity index (χ1n) is 1.91. The Hall–Kier alpha value is 1.34. The van der Waals surface area contributed by atoms with Crippen LogP contribution in [0.4, 0.5) is 0 Å². The number of hydrogen-bond acceptors (Lipinski definition) is 1. The van der Waals surface area contributed by atoms with E-state index >= 15 is 0 Å². The molecule has 1 nitrogen and oxygen atoms in total. The molecule has 0 aromatic rings. The van der Waals surface area contributed by atoms with Crippen molar-refractivity contribution in [1.29, 1.82) is 0 Å². The molecule has 5 heteroatoms. The minimum Gasteiger partial charge on any atom is -0.147 e. The van der Waals surface area contributed by atoms with Gasteiger partial charge in [-0.3, -0.25) is 0 Å². The molecule has 0 aliphatic heterocycles. The SMILES string of the molecule is CC(=O)C[CH2][Sn].Cl.Cl.Cl. The van der Waals surface area contributed by atoms with Crippen molar-refractivity contribution in [3.8, 4) is 0 Å². The zero-order chi connectivity index (χ0) is 4.99. The van der Waals surface area contributed by atoms with Gasteiger partial charge < -0.3 is 0 Å². The predicted molar refractivity (Wildman–Crippen MR) is 47.6 cm³/mol. The van der Waals surface area contributed by atoms with Gasteiger partial charge >= 0.3 is 50.9 Å². The van der Waals surface area contributed by atoms with Crippen LogP contribution in [0, 0.1) is 0 Å². The Kier molecular flexibility index (Phi) is 40.3. The van der Waals surface area contributed by atoms with Gasteiger partial charge in [0.25, 0.3) is 0 Å². The average molecular weight is 299 g/mol. The molecule has 0 saturated heterocycles. The number of Topliss-reactive ketones (excluding diaryl/α,β-unsaturated/α-hetero) is 1. The van der Waals surface area contributed by atoms with E-state index in [4.69, 9.17) is 0 Å². The summed E-state index contributed by atoms with van der Waals surface area (Å²) in [6.45, 7) is 1.63. The molecule has 0 fully saturated rings. The van der Waals surface area contributed by atoms with Crippen molar-refractivity contribution in [3.05, 3.63) is 0 Å². The van der Waals surface area contributed by atoms with Crippen LogP contribution in [0.5, 0.6) is 0 Å². The van der Waals surface area contributed by atoms with Crippen LogP contribution in [-0.4, -0.2) is 28.3 Å². The summed E-state index contributed by atoms with van der Waals surface area (Å²) in [5.41, 5.74) is 0. The van der Waals surface area contributed by atoms with Gasteiger partial charge in [-0.05, 0) is 0 Å². The molecule has 9 heavy (non-hydrogen) atoms.